The van der Waals surface area contributed by atoms with E-state index in [0.29, 0.717) is 5.92 Å². The Kier molecular flexibility index (Phi) is 5.09. The summed E-state index contributed by atoms with van der Waals surface area (Å²) in [6.45, 7) is 9.84. The van der Waals surface area contributed by atoms with Crippen molar-refractivity contribution in [3.63, 3.8) is 0 Å². The van der Waals surface area contributed by atoms with E-state index in [-0.39, 0.29) is 5.78 Å². The molecule has 0 aliphatic rings. The molecule has 90 valence electrons. The van der Waals surface area contributed by atoms with Crippen LogP contribution in [0.15, 0.2) is 0 Å². The van der Waals surface area contributed by atoms with Gasteiger partial charge in [0.1, 0.15) is 0 Å². The fraction of sp³-hybridized carbons (Fsp3) is 0.667. The van der Waals surface area contributed by atoms with Gasteiger partial charge in [-0.2, -0.15) is 0 Å². The Hall–Kier alpha value is -0.740. The third kappa shape index (κ3) is 4.02. The number of thiazole rings is 1. The highest BCUT2D eigenvalue weighted by Gasteiger charge is 2.10. The third-order valence-corrected chi connectivity index (χ3v) is 3.55. The van der Waals surface area contributed by atoms with Gasteiger partial charge in [0, 0.05) is 19.9 Å². The molecule has 0 saturated heterocycles. The van der Waals surface area contributed by atoms with Crippen molar-refractivity contribution in [2.24, 2.45) is 5.92 Å². The maximum Gasteiger partial charge on any atom is 0.171 e. The standard InChI is InChI=1S/C12H20N2OS/c1-8(2)7-13-6-5-11-14-9(3)12(16-11)10(4)15/h8,13H,5-7H2,1-4H3. The van der Waals surface area contributed by atoms with Crippen molar-refractivity contribution in [3.8, 4) is 0 Å². The van der Waals surface area contributed by atoms with E-state index in [1.54, 1.807) is 6.92 Å². The van der Waals surface area contributed by atoms with E-state index in [4.69, 9.17) is 0 Å². The summed E-state index contributed by atoms with van der Waals surface area (Å²) >= 11 is 1.53. The van der Waals surface area contributed by atoms with E-state index in [0.717, 1.165) is 35.1 Å². The van der Waals surface area contributed by atoms with Gasteiger partial charge in [-0.1, -0.05) is 13.8 Å². The Labute approximate surface area is 101 Å². The second-order valence-corrected chi connectivity index (χ2v) is 5.51. The summed E-state index contributed by atoms with van der Waals surface area (Å²) in [4.78, 5) is 16.5. The smallest absolute Gasteiger partial charge is 0.171 e. The number of hydrogen-bond donors (Lipinski definition) is 1. The van der Waals surface area contributed by atoms with Crippen LogP contribution >= 0.6 is 11.3 Å². The zero-order valence-corrected chi connectivity index (χ0v) is 11.3. The molecule has 0 saturated carbocycles. The zero-order valence-electron chi connectivity index (χ0n) is 10.5. The minimum absolute atomic E-state index is 0.122. The molecule has 0 atom stereocenters. The lowest BCUT2D eigenvalue weighted by Crippen LogP contribution is -2.22. The maximum atomic E-state index is 11.3. The molecule has 0 aromatic carbocycles. The molecule has 1 rings (SSSR count). The monoisotopic (exact) mass is 240 g/mol. The van der Waals surface area contributed by atoms with Crippen LogP contribution in [0.4, 0.5) is 0 Å². The molecule has 0 amide bonds. The van der Waals surface area contributed by atoms with Gasteiger partial charge in [0.15, 0.2) is 5.78 Å². The van der Waals surface area contributed by atoms with Gasteiger partial charge in [-0.15, -0.1) is 11.3 Å². The molecule has 0 aliphatic heterocycles. The van der Waals surface area contributed by atoms with Gasteiger partial charge in [0.25, 0.3) is 0 Å². The zero-order chi connectivity index (χ0) is 12.1. The molecule has 0 spiro atoms. The van der Waals surface area contributed by atoms with Gasteiger partial charge in [0.2, 0.25) is 0 Å². The predicted molar refractivity (Wildman–Crippen MR) is 68.3 cm³/mol. The normalized spacial score (nSPS) is 11.1. The van der Waals surface area contributed by atoms with Crippen LogP contribution in [0.25, 0.3) is 0 Å². The molecule has 4 heteroatoms. The number of ketones is 1. The summed E-state index contributed by atoms with van der Waals surface area (Å²) in [5, 5.41) is 4.43. The number of aryl methyl sites for hydroxylation is 1. The fourth-order valence-corrected chi connectivity index (χ4v) is 2.43. The van der Waals surface area contributed by atoms with Gasteiger partial charge >= 0.3 is 0 Å². The van der Waals surface area contributed by atoms with Crippen LogP contribution in [0.5, 0.6) is 0 Å². The lowest BCUT2D eigenvalue weighted by Gasteiger charge is -2.05. The first kappa shape index (κ1) is 13.3. The first-order valence-corrected chi connectivity index (χ1v) is 6.50. The Bertz CT molecular complexity index is 358. The molecular formula is C12H20N2OS. The average molecular weight is 240 g/mol. The summed E-state index contributed by atoms with van der Waals surface area (Å²) in [7, 11) is 0. The van der Waals surface area contributed by atoms with Crippen LogP contribution in [-0.4, -0.2) is 23.9 Å². The minimum atomic E-state index is 0.122. The number of hydrogen-bond acceptors (Lipinski definition) is 4. The minimum Gasteiger partial charge on any atom is -0.316 e. The first-order valence-electron chi connectivity index (χ1n) is 5.68. The predicted octanol–water partition coefficient (Wildman–Crippen LogP) is 2.44. The summed E-state index contributed by atoms with van der Waals surface area (Å²) in [6, 6.07) is 0. The van der Waals surface area contributed by atoms with Crippen molar-refractivity contribution in [1.29, 1.82) is 0 Å². The SMILES string of the molecule is CC(=O)c1sc(CCNCC(C)C)nc1C. The van der Waals surface area contributed by atoms with E-state index >= 15 is 0 Å². The van der Waals surface area contributed by atoms with Crippen LogP contribution in [0.3, 0.4) is 0 Å². The van der Waals surface area contributed by atoms with Crippen molar-refractivity contribution < 1.29 is 4.79 Å². The topological polar surface area (TPSA) is 42.0 Å². The number of rotatable bonds is 6. The number of carbonyl (C=O) groups excluding carboxylic acids is 1. The van der Waals surface area contributed by atoms with Crippen LogP contribution < -0.4 is 5.32 Å². The molecule has 0 aliphatic carbocycles. The van der Waals surface area contributed by atoms with Crippen LogP contribution in [0.1, 0.15) is 41.1 Å². The molecule has 0 unspecified atom stereocenters. The van der Waals surface area contributed by atoms with Crippen LogP contribution in [0, 0.1) is 12.8 Å². The second-order valence-electron chi connectivity index (χ2n) is 4.43. The van der Waals surface area contributed by atoms with E-state index in [1.807, 2.05) is 6.92 Å². The second kappa shape index (κ2) is 6.11. The number of Topliss-reactive ketones (excluding diaryl/α,β-unsaturated/α-hetero) is 1. The van der Waals surface area contributed by atoms with E-state index < -0.39 is 0 Å². The Morgan fingerprint density at radius 1 is 1.50 bits per heavy atom. The highest BCUT2D eigenvalue weighted by Crippen LogP contribution is 2.18. The molecule has 0 radical (unpaired) electrons. The lowest BCUT2D eigenvalue weighted by molar-refractivity contribution is 0.102. The first-order chi connectivity index (χ1) is 7.50. The van der Waals surface area contributed by atoms with E-state index in [9.17, 15) is 4.79 Å². The largest absolute Gasteiger partial charge is 0.316 e. The van der Waals surface area contributed by atoms with Crippen LogP contribution in [0.2, 0.25) is 0 Å². The van der Waals surface area contributed by atoms with Crippen molar-refractivity contribution in [1.82, 2.24) is 10.3 Å². The van der Waals surface area contributed by atoms with Crippen molar-refractivity contribution >= 4 is 17.1 Å². The fourth-order valence-electron chi connectivity index (χ4n) is 1.47. The average Bonchev–Trinajstić information content (AvgIpc) is 2.54. The van der Waals surface area contributed by atoms with Crippen molar-refractivity contribution in [3.05, 3.63) is 15.6 Å². The Morgan fingerprint density at radius 2 is 2.19 bits per heavy atom. The molecular weight excluding hydrogens is 220 g/mol. The summed E-state index contributed by atoms with van der Waals surface area (Å²) < 4.78 is 0. The molecule has 1 aromatic rings. The molecule has 16 heavy (non-hydrogen) atoms. The number of nitrogens with one attached hydrogen (secondary N) is 1. The third-order valence-electron chi connectivity index (χ3n) is 2.23. The highest BCUT2D eigenvalue weighted by molar-refractivity contribution is 7.13. The Balaban J connectivity index is 2.43. The van der Waals surface area contributed by atoms with Crippen LogP contribution in [-0.2, 0) is 6.42 Å². The van der Waals surface area contributed by atoms with Crippen molar-refractivity contribution in [2.75, 3.05) is 13.1 Å². The van der Waals surface area contributed by atoms with Gasteiger partial charge in [-0.25, -0.2) is 4.98 Å². The molecule has 1 N–H and O–H groups in total. The van der Waals surface area contributed by atoms with Crippen molar-refractivity contribution in [2.45, 2.75) is 34.1 Å². The molecule has 0 bridgehead atoms. The Morgan fingerprint density at radius 3 is 2.69 bits per heavy atom. The summed E-state index contributed by atoms with van der Waals surface area (Å²) in [5.74, 6) is 0.794. The van der Waals surface area contributed by atoms with E-state index in [1.165, 1.54) is 11.3 Å². The van der Waals surface area contributed by atoms with Gasteiger partial charge in [0.05, 0.1) is 15.6 Å². The lowest BCUT2D eigenvalue weighted by atomic mass is 10.2. The molecule has 3 nitrogen and oxygen atoms in total. The number of nitrogens with zero attached hydrogens (tertiary/aromatic N) is 1. The van der Waals surface area contributed by atoms with Gasteiger partial charge in [-0.3, -0.25) is 4.79 Å². The number of carbonyl (C=O) groups is 1. The maximum absolute atomic E-state index is 11.3. The molecule has 1 heterocycles. The highest BCUT2D eigenvalue weighted by atomic mass is 32.1. The quantitative estimate of drug-likeness (QED) is 0.613. The molecule has 0 fully saturated rings. The van der Waals surface area contributed by atoms with Gasteiger partial charge < -0.3 is 5.32 Å². The van der Waals surface area contributed by atoms with E-state index in [2.05, 4.69) is 24.1 Å². The molecule has 1 aromatic heterocycles. The summed E-state index contributed by atoms with van der Waals surface area (Å²) in [6.07, 6.45) is 0.908. The van der Waals surface area contributed by atoms with Gasteiger partial charge in [-0.05, 0) is 19.4 Å². The summed E-state index contributed by atoms with van der Waals surface area (Å²) in [5.41, 5.74) is 0.872. The number of aromatic nitrogens is 1.